The molecule has 8 heteroatoms. The van der Waals surface area contributed by atoms with Crippen LogP contribution >= 0.6 is 0 Å². The summed E-state index contributed by atoms with van der Waals surface area (Å²) in [4.78, 5) is 16.9. The van der Waals surface area contributed by atoms with Crippen LogP contribution in [-0.4, -0.2) is 56.9 Å². The van der Waals surface area contributed by atoms with Gasteiger partial charge in [0.15, 0.2) is 5.65 Å². The Balaban J connectivity index is 1.46. The standard InChI is InChI=1S/C24H27N7O/c1-16-24(27-19-7-3-2-6-18(19)25-16)20-14-22-28-21(30-10-4-5-11-30)15-23(31(22)29-20)26-17-8-12-32-13-9-17/h2-3,6-7,14-15,17,26H,4-5,8-13H2,1H3. The van der Waals surface area contributed by atoms with Gasteiger partial charge in [0, 0.05) is 44.5 Å². The Morgan fingerprint density at radius 3 is 2.50 bits per heavy atom. The van der Waals surface area contributed by atoms with Crippen LogP contribution in [0.5, 0.6) is 0 Å². The number of para-hydroxylation sites is 2. The van der Waals surface area contributed by atoms with E-state index in [4.69, 9.17) is 24.8 Å². The van der Waals surface area contributed by atoms with E-state index < -0.39 is 0 Å². The molecule has 1 aromatic carbocycles. The maximum Gasteiger partial charge on any atom is 0.160 e. The minimum Gasteiger partial charge on any atom is -0.381 e. The minimum absolute atomic E-state index is 0.371. The normalized spacial score (nSPS) is 17.5. The zero-order chi connectivity index (χ0) is 21.5. The first-order valence-corrected chi connectivity index (χ1v) is 11.5. The molecule has 1 N–H and O–H groups in total. The molecule has 2 fully saturated rings. The maximum absolute atomic E-state index is 5.54. The second-order valence-corrected chi connectivity index (χ2v) is 8.67. The van der Waals surface area contributed by atoms with Gasteiger partial charge in [0.2, 0.25) is 0 Å². The average Bonchev–Trinajstić information content (AvgIpc) is 3.49. The molecule has 3 aromatic heterocycles. The van der Waals surface area contributed by atoms with Gasteiger partial charge >= 0.3 is 0 Å². The quantitative estimate of drug-likeness (QED) is 0.528. The van der Waals surface area contributed by atoms with Crippen LogP contribution in [0, 0.1) is 6.92 Å². The molecule has 0 aliphatic carbocycles. The van der Waals surface area contributed by atoms with Crippen molar-refractivity contribution in [1.29, 1.82) is 0 Å². The van der Waals surface area contributed by atoms with Gasteiger partial charge in [-0.05, 0) is 44.7 Å². The van der Waals surface area contributed by atoms with E-state index in [1.165, 1.54) is 12.8 Å². The van der Waals surface area contributed by atoms with E-state index in [0.29, 0.717) is 6.04 Å². The van der Waals surface area contributed by atoms with Crippen LogP contribution in [0.1, 0.15) is 31.4 Å². The zero-order valence-corrected chi connectivity index (χ0v) is 18.3. The van der Waals surface area contributed by atoms with E-state index in [1.54, 1.807) is 0 Å². The first kappa shape index (κ1) is 19.4. The fraction of sp³-hybridized carbons (Fsp3) is 0.417. The smallest absolute Gasteiger partial charge is 0.160 e. The highest BCUT2D eigenvalue weighted by Crippen LogP contribution is 2.28. The second kappa shape index (κ2) is 8.02. The third kappa shape index (κ3) is 3.54. The first-order valence-electron chi connectivity index (χ1n) is 11.5. The van der Waals surface area contributed by atoms with Crippen molar-refractivity contribution in [3.8, 4) is 11.4 Å². The summed E-state index contributed by atoms with van der Waals surface area (Å²) in [5.74, 6) is 1.98. The molecule has 2 aliphatic heterocycles. The number of hydrogen-bond acceptors (Lipinski definition) is 7. The Bertz CT molecular complexity index is 1270. The summed E-state index contributed by atoms with van der Waals surface area (Å²) in [5, 5.41) is 8.64. The monoisotopic (exact) mass is 429 g/mol. The number of benzene rings is 1. The predicted molar refractivity (Wildman–Crippen MR) is 125 cm³/mol. The number of anilines is 2. The van der Waals surface area contributed by atoms with Gasteiger partial charge in [-0.3, -0.25) is 0 Å². The number of nitrogens with zero attached hydrogens (tertiary/aromatic N) is 6. The highest BCUT2D eigenvalue weighted by molar-refractivity contribution is 5.78. The lowest BCUT2D eigenvalue weighted by molar-refractivity contribution is 0.0903. The van der Waals surface area contributed by atoms with E-state index in [1.807, 2.05) is 41.8 Å². The maximum atomic E-state index is 5.54. The van der Waals surface area contributed by atoms with Gasteiger partial charge in [-0.15, -0.1) is 0 Å². The molecule has 6 rings (SSSR count). The molecule has 8 nitrogen and oxygen atoms in total. The highest BCUT2D eigenvalue weighted by Gasteiger charge is 2.21. The molecule has 0 bridgehead atoms. The fourth-order valence-corrected chi connectivity index (χ4v) is 4.67. The number of aromatic nitrogens is 5. The number of rotatable bonds is 4. The average molecular weight is 430 g/mol. The van der Waals surface area contributed by atoms with E-state index >= 15 is 0 Å². The van der Waals surface area contributed by atoms with Gasteiger partial charge in [0.05, 0.1) is 16.7 Å². The lowest BCUT2D eigenvalue weighted by atomic mass is 10.1. The summed E-state index contributed by atoms with van der Waals surface area (Å²) in [7, 11) is 0. The largest absolute Gasteiger partial charge is 0.381 e. The summed E-state index contributed by atoms with van der Waals surface area (Å²) in [6.07, 6.45) is 4.41. The van der Waals surface area contributed by atoms with E-state index in [-0.39, 0.29) is 0 Å². The molecule has 4 aromatic rings. The van der Waals surface area contributed by atoms with Crippen LogP contribution in [0.15, 0.2) is 36.4 Å². The summed E-state index contributed by atoms with van der Waals surface area (Å²) in [6, 6.07) is 12.5. The van der Waals surface area contributed by atoms with Crippen molar-refractivity contribution in [1.82, 2.24) is 24.6 Å². The lowest BCUT2D eigenvalue weighted by Gasteiger charge is -2.25. The molecule has 2 aliphatic rings. The SMILES string of the molecule is Cc1nc2ccccc2nc1-c1cc2nc(N3CCCC3)cc(NC3CCOCC3)n2n1. The molecule has 0 radical (unpaired) electrons. The second-order valence-electron chi connectivity index (χ2n) is 8.67. The fourth-order valence-electron chi connectivity index (χ4n) is 4.67. The molecule has 32 heavy (non-hydrogen) atoms. The predicted octanol–water partition coefficient (Wildman–Crippen LogP) is 3.84. The third-order valence-electron chi connectivity index (χ3n) is 6.40. The van der Waals surface area contributed by atoms with Crippen molar-refractivity contribution in [2.75, 3.05) is 36.5 Å². The zero-order valence-electron chi connectivity index (χ0n) is 18.3. The van der Waals surface area contributed by atoms with Crippen molar-refractivity contribution in [3.05, 3.63) is 42.1 Å². The van der Waals surface area contributed by atoms with Crippen LogP contribution in [-0.2, 0) is 4.74 Å². The van der Waals surface area contributed by atoms with Gasteiger partial charge in [-0.25, -0.2) is 15.0 Å². The Morgan fingerprint density at radius 2 is 1.72 bits per heavy atom. The molecule has 0 spiro atoms. The molecule has 0 atom stereocenters. The van der Waals surface area contributed by atoms with Crippen LogP contribution in [0.3, 0.4) is 0 Å². The van der Waals surface area contributed by atoms with Gasteiger partial charge in [0.1, 0.15) is 23.0 Å². The van der Waals surface area contributed by atoms with Crippen molar-refractivity contribution in [2.45, 2.75) is 38.6 Å². The molecule has 0 unspecified atom stereocenters. The molecule has 0 saturated carbocycles. The first-order chi connectivity index (χ1) is 15.7. The summed E-state index contributed by atoms with van der Waals surface area (Å²) < 4.78 is 7.46. The summed E-state index contributed by atoms with van der Waals surface area (Å²) in [5.41, 5.74) is 5.06. The summed E-state index contributed by atoms with van der Waals surface area (Å²) >= 11 is 0. The van der Waals surface area contributed by atoms with Crippen LogP contribution in [0.25, 0.3) is 28.1 Å². The van der Waals surface area contributed by atoms with Crippen LogP contribution < -0.4 is 10.2 Å². The van der Waals surface area contributed by atoms with Crippen molar-refractivity contribution >= 4 is 28.3 Å². The number of hydrogen-bond donors (Lipinski definition) is 1. The number of ether oxygens (including phenoxy) is 1. The molecule has 5 heterocycles. The van der Waals surface area contributed by atoms with Crippen LogP contribution in [0.2, 0.25) is 0 Å². The number of aryl methyl sites for hydroxylation is 1. The van der Waals surface area contributed by atoms with E-state index in [2.05, 4.69) is 16.3 Å². The third-order valence-corrected chi connectivity index (χ3v) is 6.40. The minimum atomic E-state index is 0.371. The molecular formula is C24H27N7O. The lowest BCUT2D eigenvalue weighted by Crippen LogP contribution is -2.29. The Kier molecular flexibility index (Phi) is 4.87. The molecular weight excluding hydrogens is 402 g/mol. The van der Waals surface area contributed by atoms with E-state index in [0.717, 1.165) is 84.5 Å². The van der Waals surface area contributed by atoms with Gasteiger partial charge in [0.25, 0.3) is 0 Å². The Labute approximate surface area is 186 Å². The number of fused-ring (bicyclic) bond motifs is 2. The molecule has 0 amide bonds. The van der Waals surface area contributed by atoms with E-state index in [9.17, 15) is 0 Å². The molecule has 2 saturated heterocycles. The Hall–Kier alpha value is -3.26. The molecule has 164 valence electrons. The topological polar surface area (TPSA) is 80.5 Å². The van der Waals surface area contributed by atoms with Gasteiger partial charge in [-0.2, -0.15) is 9.61 Å². The van der Waals surface area contributed by atoms with Gasteiger partial charge < -0.3 is 15.0 Å². The van der Waals surface area contributed by atoms with Crippen LogP contribution in [0.4, 0.5) is 11.6 Å². The number of nitrogens with one attached hydrogen (secondary N) is 1. The summed E-state index contributed by atoms with van der Waals surface area (Å²) in [6.45, 7) is 5.68. The Morgan fingerprint density at radius 1 is 0.969 bits per heavy atom. The van der Waals surface area contributed by atoms with Crippen molar-refractivity contribution in [3.63, 3.8) is 0 Å². The van der Waals surface area contributed by atoms with Crippen molar-refractivity contribution in [2.24, 2.45) is 0 Å². The van der Waals surface area contributed by atoms with Crippen molar-refractivity contribution < 1.29 is 4.74 Å². The highest BCUT2D eigenvalue weighted by atomic mass is 16.5. The van der Waals surface area contributed by atoms with Gasteiger partial charge in [-0.1, -0.05) is 12.1 Å².